The molecule has 24 heavy (non-hydrogen) atoms. The monoisotopic (exact) mass is 335 g/mol. The molecule has 1 aromatic carbocycles. The highest BCUT2D eigenvalue weighted by atomic mass is 16.5. The molecule has 1 amide bonds. The van der Waals surface area contributed by atoms with Gasteiger partial charge in [0.25, 0.3) is 0 Å². The van der Waals surface area contributed by atoms with E-state index in [1.165, 1.54) is 6.07 Å². The normalized spacial score (nSPS) is 10.6. The molecular formula is C17H21NO6. The van der Waals surface area contributed by atoms with E-state index in [9.17, 15) is 9.59 Å². The number of carbonyl (C=O) groups excluding carboxylic acids is 1. The lowest BCUT2D eigenvalue weighted by molar-refractivity contribution is -0.129. The zero-order valence-corrected chi connectivity index (χ0v) is 13.5. The van der Waals surface area contributed by atoms with Gasteiger partial charge in [-0.3, -0.25) is 10.0 Å². The van der Waals surface area contributed by atoms with Crippen LogP contribution >= 0.6 is 0 Å². The summed E-state index contributed by atoms with van der Waals surface area (Å²) in [7, 11) is 1.55. The fourth-order valence-corrected chi connectivity index (χ4v) is 2.34. The summed E-state index contributed by atoms with van der Waals surface area (Å²) in [6.45, 7) is 0.469. The maximum atomic E-state index is 11.6. The van der Waals surface area contributed by atoms with Crippen molar-refractivity contribution in [3.8, 4) is 11.5 Å². The number of hydrogen-bond acceptors (Lipinski definition) is 6. The van der Waals surface area contributed by atoms with Crippen LogP contribution in [0.4, 0.5) is 0 Å². The predicted molar refractivity (Wildman–Crippen MR) is 87.5 cm³/mol. The van der Waals surface area contributed by atoms with E-state index < -0.39 is 5.63 Å². The minimum atomic E-state index is -0.472. The van der Waals surface area contributed by atoms with Crippen LogP contribution in [-0.2, 0) is 4.79 Å². The minimum Gasteiger partial charge on any atom is -0.497 e. The molecule has 0 aliphatic heterocycles. The summed E-state index contributed by atoms with van der Waals surface area (Å²) in [6, 6.07) is 6.55. The first kappa shape index (κ1) is 17.8. The zero-order chi connectivity index (χ0) is 17.4. The van der Waals surface area contributed by atoms with Gasteiger partial charge in [-0.05, 0) is 25.0 Å². The number of methoxy groups -OCH3 is 1. The molecule has 130 valence electrons. The first-order valence-electron chi connectivity index (χ1n) is 7.81. The van der Waals surface area contributed by atoms with Gasteiger partial charge in [-0.25, -0.2) is 10.3 Å². The second-order valence-corrected chi connectivity index (χ2v) is 5.34. The lowest BCUT2D eigenvalue weighted by Crippen LogP contribution is -2.17. The predicted octanol–water partition coefficient (Wildman–Crippen LogP) is 2.64. The van der Waals surface area contributed by atoms with Crippen molar-refractivity contribution in [1.82, 2.24) is 5.48 Å². The van der Waals surface area contributed by atoms with Crippen LogP contribution in [0, 0.1) is 0 Å². The van der Waals surface area contributed by atoms with E-state index in [4.69, 9.17) is 19.1 Å². The molecular weight excluding hydrogens is 314 g/mol. The van der Waals surface area contributed by atoms with Gasteiger partial charge >= 0.3 is 5.63 Å². The second kappa shape index (κ2) is 8.93. The molecule has 0 atom stereocenters. The average Bonchev–Trinajstić information content (AvgIpc) is 2.59. The average molecular weight is 335 g/mol. The lowest BCUT2D eigenvalue weighted by atomic mass is 10.1. The van der Waals surface area contributed by atoms with Crippen molar-refractivity contribution in [3.63, 3.8) is 0 Å². The molecule has 2 N–H and O–H groups in total. The molecule has 7 nitrogen and oxygen atoms in total. The van der Waals surface area contributed by atoms with E-state index in [1.807, 2.05) is 0 Å². The van der Waals surface area contributed by atoms with E-state index in [0.29, 0.717) is 36.5 Å². The number of ether oxygens (including phenoxy) is 2. The SMILES string of the molecule is COc1ccc2c(OCCCCCCC(=O)NO)cc(=O)oc2c1. The third-order valence-electron chi connectivity index (χ3n) is 3.59. The summed E-state index contributed by atoms with van der Waals surface area (Å²) >= 11 is 0. The molecule has 0 bridgehead atoms. The highest BCUT2D eigenvalue weighted by molar-refractivity contribution is 5.84. The summed E-state index contributed by atoms with van der Waals surface area (Å²) in [6.07, 6.45) is 3.59. The van der Waals surface area contributed by atoms with Crippen LogP contribution in [0.1, 0.15) is 32.1 Å². The van der Waals surface area contributed by atoms with Crippen molar-refractivity contribution in [3.05, 3.63) is 34.7 Å². The van der Waals surface area contributed by atoms with Crippen molar-refractivity contribution < 1.29 is 23.9 Å². The van der Waals surface area contributed by atoms with E-state index in [0.717, 1.165) is 24.6 Å². The maximum Gasteiger partial charge on any atom is 0.339 e. The first-order chi connectivity index (χ1) is 11.6. The smallest absolute Gasteiger partial charge is 0.339 e. The van der Waals surface area contributed by atoms with Crippen LogP contribution < -0.4 is 20.6 Å². The van der Waals surface area contributed by atoms with Crippen LogP contribution in [0.15, 0.2) is 33.5 Å². The Morgan fingerprint density at radius 3 is 2.75 bits per heavy atom. The molecule has 0 spiro atoms. The summed E-state index contributed by atoms with van der Waals surface area (Å²) in [5.41, 5.74) is 1.56. The quantitative estimate of drug-likeness (QED) is 0.316. The molecule has 7 heteroatoms. The van der Waals surface area contributed by atoms with Gasteiger partial charge in [0.2, 0.25) is 5.91 Å². The summed E-state index contributed by atoms with van der Waals surface area (Å²) in [5, 5.41) is 9.10. The lowest BCUT2D eigenvalue weighted by Gasteiger charge is -2.09. The zero-order valence-electron chi connectivity index (χ0n) is 13.5. The summed E-state index contributed by atoms with van der Waals surface area (Å²) in [5.74, 6) is 0.724. The van der Waals surface area contributed by atoms with Gasteiger partial charge in [0.05, 0.1) is 25.2 Å². The number of fused-ring (bicyclic) bond motifs is 1. The van der Waals surface area contributed by atoms with Crippen molar-refractivity contribution in [2.24, 2.45) is 0 Å². The second-order valence-electron chi connectivity index (χ2n) is 5.34. The van der Waals surface area contributed by atoms with Gasteiger partial charge in [-0.1, -0.05) is 12.8 Å². The highest BCUT2D eigenvalue weighted by Gasteiger charge is 2.08. The topological polar surface area (TPSA) is 98.0 Å². The molecule has 2 rings (SSSR count). The summed E-state index contributed by atoms with van der Waals surface area (Å²) in [4.78, 5) is 22.5. The highest BCUT2D eigenvalue weighted by Crippen LogP contribution is 2.27. The van der Waals surface area contributed by atoms with Gasteiger partial charge in [0, 0.05) is 12.5 Å². The minimum absolute atomic E-state index is 0.309. The third kappa shape index (κ3) is 4.99. The van der Waals surface area contributed by atoms with Gasteiger partial charge in [-0.2, -0.15) is 0 Å². The van der Waals surface area contributed by atoms with Gasteiger partial charge in [0.15, 0.2) is 0 Å². The molecule has 0 unspecified atom stereocenters. The number of unbranched alkanes of at least 4 members (excludes halogenated alkanes) is 3. The van der Waals surface area contributed by atoms with Crippen molar-refractivity contribution >= 4 is 16.9 Å². The Hall–Kier alpha value is -2.54. The Balaban J connectivity index is 1.86. The van der Waals surface area contributed by atoms with E-state index >= 15 is 0 Å². The van der Waals surface area contributed by atoms with Crippen molar-refractivity contribution in [2.75, 3.05) is 13.7 Å². The van der Waals surface area contributed by atoms with E-state index in [-0.39, 0.29) is 5.91 Å². The Morgan fingerprint density at radius 2 is 2.00 bits per heavy atom. The standard InChI is InChI=1S/C17H21NO6/c1-22-12-7-8-13-14(11-17(20)24-15(13)10-12)23-9-5-3-2-4-6-16(19)18-21/h7-8,10-11,21H,2-6,9H2,1H3,(H,18,19). The number of carbonyl (C=O) groups is 1. The number of amides is 1. The molecule has 2 aromatic rings. The molecule has 0 fully saturated rings. The van der Waals surface area contributed by atoms with Gasteiger partial charge in [-0.15, -0.1) is 0 Å². The number of hydroxylamine groups is 1. The van der Waals surface area contributed by atoms with Gasteiger partial charge in [0.1, 0.15) is 17.1 Å². The largest absolute Gasteiger partial charge is 0.497 e. The molecule has 1 aromatic heterocycles. The van der Waals surface area contributed by atoms with Crippen LogP contribution in [0.5, 0.6) is 11.5 Å². The molecule has 0 saturated carbocycles. The Labute approximate surface area is 139 Å². The van der Waals surface area contributed by atoms with Crippen LogP contribution in [0.3, 0.4) is 0 Å². The number of nitrogens with one attached hydrogen (secondary N) is 1. The van der Waals surface area contributed by atoms with E-state index in [2.05, 4.69) is 0 Å². The van der Waals surface area contributed by atoms with Crippen LogP contribution in [-0.4, -0.2) is 24.8 Å². The van der Waals surface area contributed by atoms with Crippen LogP contribution in [0.2, 0.25) is 0 Å². The maximum absolute atomic E-state index is 11.6. The molecule has 0 aliphatic rings. The molecule has 0 aliphatic carbocycles. The number of hydrogen-bond donors (Lipinski definition) is 2. The fourth-order valence-electron chi connectivity index (χ4n) is 2.34. The third-order valence-corrected chi connectivity index (χ3v) is 3.59. The van der Waals surface area contributed by atoms with Crippen molar-refractivity contribution in [2.45, 2.75) is 32.1 Å². The fraction of sp³-hybridized carbons (Fsp3) is 0.412. The summed E-state index contributed by atoms with van der Waals surface area (Å²) < 4.78 is 16.0. The Kier molecular flexibility index (Phi) is 6.62. The van der Waals surface area contributed by atoms with Gasteiger partial charge < -0.3 is 13.9 Å². The molecule has 1 heterocycles. The molecule has 0 radical (unpaired) electrons. The first-order valence-corrected chi connectivity index (χ1v) is 7.81. The number of benzene rings is 1. The van der Waals surface area contributed by atoms with E-state index in [1.54, 1.807) is 30.8 Å². The Bertz CT molecular complexity index is 739. The Morgan fingerprint density at radius 1 is 1.21 bits per heavy atom. The van der Waals surface area contributed by atoms with Crippen molar-refractivity contribution in [1.29, 1.82) is 0 Å². The molecule has 0 saturated heterocycles. The van der Waals surface area contributed by atoms with Crippen LogP contribution in [0.25, 0.3) is 11.0 Å². The number of rotatable bonds is 9.